The van der Waals surface area contributed by atoms with E-state index in [0.717, 1.165) is 12.8 Å². The van der Waals surface area contributed by atoms with Gasteiger partial charge in [0.15, 0.2) is 6.10 Å². The summed E-state index contributed by atoms with van der Waals surface area (Å²) < 4.78 is 9.66. The first-order chi connectivity index (χ1) is 5.72. The Kier molecular flexibility index (Phi) is 6.38. The van der Waals surface area contributed by atoms with Crippen molar-refractivity contribution >= 4 is 5.97 Å². The molecular weight excluding hydrogens is 156 g/mol. The molecule has 0 amide bonds. The summed E-state index contributed by atoms with van der Waals surface area (Å²) in [4.78, 5) is 10.8. The highest BCUT2D eigenvalue weighted by atomic mass is 16.6. The number of ether oxygens (including phenoxy) is 2. The van der Waals surface area contributed by atoms with Crippen molar-refractivity contribution in [3.63, 3.8) is 0 Å². The summed E-state index contributed by atoms with van der Waals surface area (Å²) in [6, 6.07) is 0. The Balaban J connectivity index is 3.36. The van der Waals surface area contributed by atoms with Crippen LogP contribution in [0.5, 0.6) is 0 Å². The lowest BCUT2D eigenvalue weighted by molar-refractivity contribution is -0.152. The normalized spacial score (nSPS) is 12.2. The molecule has 70 valence electrons. The van der Waals surface area contributed by atoms with Gasteiger partial charge < -0.3 is 9.47 Å². The molecule has 1 atom stereocenters. The van der Waals surface area contributed by atoms with Crippen molar-refractivity contribution < 1.29 is 14.3 Å². The number of carbonyl (C=O) groups excluding carboxylic acids is 1. The Labute approximate surface area is 73.4 Å². The van der Waals surface area contributed by atoms with Gasteiger partial charge in [-0.15, -0.1) is 6.58 Å². The zero-order valence-corrected chi connectivity index (χ0v) is 7.71. The van der Waals surface area contributed by atoms with Crippen molar-refractivity contribution in [2.24, 2.45) is 0 Å². The van der Waals surface area contributed by atoms with Crippen LogP contribution in [0.25, 0.3) is 0 Å². The smallest absolute Gasteiger partial charge is 0.334 e. The Morgan fingerprint density at radius 3 is 2.83 bits per heavy atom. The van der Waals surface area contributed by atoms with E-state index in [9.17, 15) is 4.79 Å². The van der Waals surface area contributed by atoms with Gasteiger partial charge in [-0.25, -0.2) is 4.79 Å². The lowest BCUT2D eigenvalue weighted by atomic mass is 10.3. The average Bonchev–Trinajstić information content (AvgIpc) is 2.10. The third-order valence-electron chi connectivity index (χ3n) is 1.45. The number of hydrogen-bond acceptors (Lipinski definition) is 3. The van der Waals surface area contributed by atoms with Crippen molar-refractivity contribution in [3.05, 3.63) is 12.7 Å². The number of unbranched alkanes of at least 4 members (excludes halogenated alkanes) is 1. The molecule has 0 aromatic rings. The molecule has 0 rings (SSSR count). The lowest BCUT2D eigenvalue weighted by Crippen LogP contribution is -2.22. The molecule has 0 aromatic heterocycles. The Morgan fingerprint density at radius 2 is 2.33 bits per heavy atom. The predicted molar refractivity (Wildman–Crippen MR) is 46.9 cm³/mol. The largest absolute Gasteiger partial charge is 0.467 e. The second-order valence-electron chi connectivity index (χ2n) is 2.47. The predicted octanol–water partition coefficient (Wildman–Crippen LogP) is 1.53. The van der Waals surface area contributed by atoms with Gasteiger partial charge in [0.2, 0.25) is 0 Å². The third kappa shape index (κ3) is 4.91. The first-order valence-corrected chi connectivity index (χ1v) is 4.02. The highest BCUT2D eigenvalue weighted by Crippen LogP contribution is 1.97. The van der Waals surface area contributed by atoms with Gasteiger partial charge in [0.1, 0.15) is 0 Å². The van der Waals surface area contributed by atoms with Crippen LogP contribution in [0.3, 0.4) is 0 Å². The van der Waals surface area contributed by atoms with Crippen LogP contribution in [0.1, 0.15) is 19.8 Å². The van der Waals surface area contributed by atoms with E-state index >= 15 is 0 Å². The zero-order valence-electron chi connectivity index (χ0n) is 7.71. The number of esters is 1. The fraction of sp³-hybridized carbons (Fsp3) is 0.667. The van der Waals surface area contributed by atoms with E-state index in [1.54, 1.807) is 6.92 Å². The van der Waals surface area contributed by atoms with E-state index in [0.29, 0.717) is 6.61 Å². The van der Waals surface area contributed by atoms with Gasteiger partial charge in [-0.3, -0.25) is 0 Å². The molecule has 0 saturated carbocycles. The first kappa shape index (κ1) is 11.2. The highest BCUT2D eigenvalue weighted by Gasteiger charge is 2.11. The molecule has 0 unspecified atom stereocenters. The number of rotatable bonds is 6. The summed E-state index contributed by atoms with van der Waals surface area (Å²) in [6.07, 6.45) is 3.17. The molecule has 0 aromatic carbocycles. The van der Waals surface area contributed by atoms with Crippen LogP contribution in [0.15, 0.2) is 12.7 Å². The maximum atomic E-state index is 10.8. The molecule has 0 aliphatic heterocycles. The molecule has 0 N–H and O–H groups in total. The topological polar surface area (TPSA) is 35.5 Å². The summed E-state index contributed by atoms with van der Waals surface area (Å²) in [7, 11) is 1.35. The monoisotopic (exact) mass is 172 g/mol. The quantitative estimate of drug-likeness (QED) is 0.346. The molecule has 0 radical (unpaired) electrons. The van der Waals surface area contributed by atoms with Crippen LogP contribution in [0, 0.1) is 0 Å². The number of carbonyl (C=O) groups is 1. The summed E-state index contributed by atoms with van der Waals surface area (Å²) in [5, 5.41) is 0. The molecule has 3 nitrogen and oxygen atoms in total. The van der Waals surface area contributed by atoms with Crippen LogP contribution < -0.4 is 0 Å². The Bertz CT molecular complexity index is 143. The fourth-order valence-electron chi connectivity index (χ4n) is 0.722. The van der Waals surface area contributed by atoms with Crippen molar-refractivity contribution in [1.82, 2.24) is 0 Å². The molecule has 0 bridgehead atoms. The lowest BCUT2D eigenvalue weighted by Gasteiger charge is -2.09. The second-order valence-corrected chi connectivity index (χ2v) is 2.47. The second kappa shape index (κ2) is 6.85. The minimum atomic E-state index is -0.459. The zero-order chi connectivity index (χ0) is 9.40. The molecule has 3 heteroatoms. The first-order valence-electron chi connectivity index (χ1n) is 4.02. The van der Waals surface area contributed by atoms with Crippen LogP contribution in [0.2, 0.25) is 0 Å². The molecule has 0 aliphatic rings. The van der Waals surface area contributed by atoms with Crippen molar-refractivity contribution in [3.8, 4) is 0 Å². The molecule has 0 aliphatic carbocycles. The summed E-state index contributed by atoms with van der Waals surface area (Å²) in [5.74, 6) is -0.325. The van der Waals surface area contributed by atoms with E-state index in [4.69, 9.17) is 4.74 Å². The van der Waals surface area contributed by atoms with E-state index in [1.807, 2.05) is 6.08 Å². The minimum absolute atomic E-state index is 0.325. The summed E-state index contributed by atoms with van der Waals surface area (Å²) in [5.41, 5.74) is 0. The van der Waals surface area contributed by atoms with Crippen molar-refractivity contribution in [2.45, 2.75) is 25.9 Å². The third-order valence-corrected chi connectivity index (χ3v) is 1.45. The van der Waals surface area contributed by atoms with Gasteiger partial charge in [0, 0.05) is 6.61 Å². The van der Waals surface area contributed by atoms with Crippen LogP contribution in [0.4, 0.5) is 0 Å². The van der Waals surface area contributed by atoms with Gasteiger partial charge >= 0.3 is 5.97 Å². The molecule has 12 heavy (non-hydrogen) atoms. The van der Waals surface area contributed by atoms with Crippen molar-refractivity contribution in [2.75, 3.05) is 13.7 Å². The van der Waals surface area contributed by atoms with Gasteiger partial charge in [0.05, 0.1) is 7.11 Å². The number of allylic oxidation sites excluding steroid dienone is 1. The van der Waals surface area contributed by atoms with Crippen LogP contribution in [-0.4, -0.2) is 25.8 Å². The van der Waals surface area contributed by atoms with E-state index in [-0.39, 0.29) is 5.97 Å². The van der Waals surface area contributed by atoms with Crippen molar-refractivity contribution in [1.29, 1.82) is 0 Å². The standard InChI is InChI=1S/C9H16O3/c1-4-5-6-7-12-8(2)9(10)11-3/h4,8H,1,5-7H2,2-3H3/t8-/m1/s1. The highest BCUT2D eigenvalue weighted by molar-refractivity contribution is 5.73. The maximum Gasteiger partial charge on any atom is 0.334 e. The SMILES string of the molecule is C=CCCCO[C@H](C)C(=O)OC. The van der Waals surface area contributed by atoms with Crippen LogP contribution >= 0.6 is 0 Å². The number of methoxy groups -OCH3 is 1. The Hall–Kier alpha value is -0.830. The van der Waals surface area contributed by atoms with E-state index in [2.05, 4.69) is 11.3 Å². The van der Waals surface area contributed by atoms with Gasteiger partial charge in [-0.2, -0.15) is 0 Å². The molecule has 0 spiro atoms. The molecule has 0 heterocycles. The van der Waals surface area contributed by atoms with E-state index in [1.165, 1.54) is 7.11 Å². The minimum Gasteiger partial charge on any atom is -0.467 e. The maximum absolute atomic E-state index is 10.8. The van der Waals surface area contributed by atoms with Crippen LogP contribution in [-0.2, 0) is 14.3 Å². The summed E-state index contributed by atoms with van der Waals surface area (Å²) in [6.45, 7) is 5.83. The molecule has 0 fully saturated rings. The van der Waals surface area contributed by atoms with Gasteiger partial charge in [-0.1, -0.05) is 6.08 Å². The van der Waals surface area contributed by atoms with Gasteiger partial charge in [-0.05, 0) is 19.8 Å². The van der Waals surface area contributed by atoms with E-state index < -0.39 is 6.10 Å². The molecular formula is C9H16O3. The summed E-state index contributed by atoms with van der Waals surface area (Å²) >= 11 is 0. The average molecular weight is 172 g/mol. The molecule has 0 saturated heterocycles. The van der Waals surface area contributed by atoms with Gasteiger partial charge in [0.25, 0.3) is 0 Å². The Morgan fingerprint density at radius 1 is 1.67 bits per heavy atom. The fourth-order valence-corrected chi connectivity index (χ4v) is 0.722. The number of hydrogen-bond donors (Lipinski definition) is 0.